The average Bonchev–Trinajstić information content (AvgIpc) is 2.83. The van der Waals surface area contributed by atoms with E-state index in [0.29, 0.717) is 6.42 Å². The van der Waals surface area contributed by atoms with Crippen molar-refractivity contribution in [1.82, 2.24) is 4.90 Å². The van der Waals surface area contributed by atoms with Crippen LogP contribution in [0, 0.1) is 0 Å². The molecule has 1 aliphatic rings. The van der Waals surface area contributed by atoms with Gasteiger partial charge in [0.2, 0.25) is 0 Å². The smallest absolute Gasteiger partial charge is 0.140 e. The minimum Gasteiger partial charge on any atom is -0.409 e. The fraction of sp³-hybridized carbons (Fsp3) is 0.500. The lowest BCUT2D eigenvalue weighted by Gasteiger charge is -2.16. The minimum absolute atomic E-state index is 0.288. The summed E-state index contributed by atoms with van der Waals surface area (Å²) in [4.78, 5) is 2.19. The van der Waals surface area contributed by atoms with Crippen molar-refractivity contribution in [3.05, 3.63) is 34.9 Å². The Morgan fingerprint density at radius 3 is 2.94 bits per heavy atom. The van der Waals surface area contributed by atoms with Gasteiger partial charge in [-0.05, 0) is 43.0 Å². The molecule has 1 aromatic rings. The monoisotopic (exact) mass is 247 g/mol. The molecule has 4 heteroatoms. The summed E-state index contributed by atoms with van der Waals surface area (Å²) in [5.41, 5.74) is 9.83. The Hall–Kier alpha value is -1.55. The largest absolute Gasteiger partial charge is 0.409 e. The third-order valence-corrected chi connectivity index (χ3v) is 3.49. The number of aryl methyl sites for hydroxylation is 2. The Kier molecular flexibility index (Phi) is 4.20. The summed E-state index contributed by atoms with van der Waals surface area (Å²) in [5, 5.41) is 11.5. The quantitative estimate of drug-likeness (QED) is 0.360. The van der Waals surface area contributed by atoms with Crippen molar-refractivity contribution in [1.29, 1.82) is 0 Å². The SMILES string of the molecule is CN(CCC(N)=NO)Cc1ccc2c(c1)CCC2. The Labute approximate surface area is 108 Å². The van der Waals surface area contributed by atoms with Crippen LogP contribution < -0.4 is 5.73 Å². The predicted molar refractivity (Wildman–Crippen MR) is 72.8 cm³/mol. The minimum atomic E-state index is 0.288. The highest BCUT2D eigenvalue weighted by molar-refractivity contribution is 5.79. The topological polar surface area (TPSA) is 61.8 Å². The molecule has 18 heavy (non-hydrogen) atoms. The molecule has 0 heterocycles. The van der Waals surface area contributed by atoms with E-state index in [4.69, 9.17) is 10.9 Å². The molecule has 0 aromatic heterocycles. The van der Waals surface area contributed by atoms with Gasteiger partial charge in [0.25, 0.3) is 0 Å². The van der Waals surface area contributed by atoms with E-state index in [1.807, 2.05) is 0 Å². The van der Waals surface area contributed by atoms with E-state index < -0.39 is 0 Å². The number of fused-ring (bicyclic) bond motifs is 1. The molecule has 0 spiro atoms. The van der Waals surface area contributed by atoms with Crippen molar-refractivity contribution in [2.45, 2.75) is 32.2 Å². The molecular formula is C14H21N3O. The van der Waals surface area contributed by atoms with Crippen LogP contribution in [0.3, 0.4) is 0 Å². The molecular weight excluding hydrogens is 226 g/mol. The third-order valence-electron chi connectivity index (χ3n) is 3.49. The van der Waals surface area contributed by atoms with E-state index in [1.54, 1.807) is 0 Å². The van der Waals surface area contributed by atoms with Gasteiger partial charge in [-0.25, -0.2) is 0 Å². The fourth-order valence-corrected chi connectivity index (χ4v) is 2.47. The molecule has 0 saturated heterocycles. The first-order valence-electron chi connectivity index (χ1n) is 6.44. The van der Waals surface area contributed by atoms with Crippen LogP contribution in [0.5, 0.6) is 0 Å². The summed E-state index contributed by atoms with van der Waals surface area (Å²) in [6.45, 7) is 1.71. The number of benzene rings is 1. The van der Waals surface area contributed by atoms with Gasteiger partial charge in [0.15, 0.2) is 0 Å². The molecule has 0 amide bonds. The first-order valence-corrected chi connectivity index (χ1v) is 6.44. The second-order valence-electron chi connectivity index (χ2n) is 5.04. The second-order valence-corrected chi connectivity index (χ2v) is 5.04. The fourth-order valence-electron chi connectivity index (χ4n) is 2.47. The Morgan fingerprint density at radius 1 is 1.39 bits per heavy atom. The summed E-state index contributed by atoms with van der Waals surface area (Å²) >= 11 is 0. The van der Waals surface area contributed by atoms with Gasteiger partial charge < -0.3 is 15.8 Å². The van der Waals surface area contributed by atoms with E-state index in [9.17, 15) is 0 Å². The summed E-state index contributed by atoms with van der Waals surface area (Å²) < 4.78 is 0. The van der Waals surface area contributed by atoms with Gasteiger partial charge in [-0.3, -0.25) is 0 Å². The average molecular weight is 247 g/mol. The Bertz CT molecular complexity index is 443. The van der Waals surface area contributed by atoms with E-state index >= 15 is 0 Å². The van der Waals surface area contributed by atoms with Crippen molar-refractivity contribution >= 4 is 5.84 Å². The highest BCUT2D eigenvalue weighted by Gasteiger charge is 2.11. The highest BCUT2D eigenvalue weighted by Crippen LogP contribution is 2.23. The van der Waals surface area contributed by atoms with Crippen LogP contribution in [-0.2, 0) is 19.4 Å². The summed E-state index contributed by atoms with van der Waals surface area (Å²) in [6, 6.07) is 6.79. The van der Waals surface area contributed by atoms with Gasteiger partial charge in [-0.15, -0.1) is 0 Å². The summed E-state index contributed by atoms with van der Waals surface area (Å²) in [7, 11) is 2.05. The zero-order valence-electron chi connectivity index (χ0n) is 10.9. The number of hydrogen-bond acceptors (Lipinski definition) is 3. The van der Waals surface area contributed by atoms with Crippen molar-refractivity contribution in [3.63, 3.8) is 0 Å². The molecule has 0 atom stereocenters. The van der Waals surface area contributed by atoms with Gasteiger partial charge in [0, 0.05) is 19.5 Å². The van der Waals surface area contributed by atoms with Crippen molar-refractivity contribution < 1.29 is 5.21 Å². The Morgan fingerprint density at radius 2 is 2.17 bits per heavy atom. The van der Waals surface area contributed by atoms with Crippen LogP contribution >= 0.6 is 0 Å². The lowest BCUT2D eigenvalue weighted by molar-refractivity contribution is 0.309. The molecule has 0 fully saturated rings. The molecule has 0 radical (unpaired) electrons. The molecule has 98 valence electrons. The molecule has 1 aromatic carbocycles. The van der Waals surface area contributed by atoms with Crippen LogP contribution in [0.4, 0.5) is 0 Å². The van der Waals surface area contributed by atoms with Crippen LogP contribution in [0.2, 0.25) is 0 Å². The number of amidine groups is 1. The van der Waals surface area contributed by atoms with Gasteiger partial charge in [-0.2, -0.15) is 0 Å². The molecule has 0 aliphatic heterocycles. The lowest BCUT2D eigenvalue weighted by Crippen LogP contribution is -2.24. The van der Waals surface area contributed by atoms with Gasteiger partial charge in [0.05, 0.1) is 0 Å². The zero-order chi connectivity index (χ0) is 13.0. The molecule has 3 N–H and O–H groups in total. The van der Waals surface area contributed by atoms with Crippen molar-refractivity contribution in [2.75, 3.05) is 13.6 Å². The number of oxime groups is 1. The van der Waals surface area contributed by atoms with Gasteiger partial charge in [0.1, 0.15) is 5.84 Å². The van der Waals surface area contributed by atoms with Gasteiger partial charge >= 0.3 is 0 Å². The molecule has 2 rings (SSSR count). The maximum absolute atomic E-state index is 8.49. The summed E-state index contributed by atoms with van der Waals surface area (Å²) in [5.74, 6) is 0.288. The standard InChI is InChI=1S/C14H21N3O/c1-17(8-7-14(15)16-18)10-11-5-6-12-3-2-4-13(12)9-11/h5-6,9,18H,2-4,7-8,10H2,1H3,(H2,15,16). The number of nitrogens with two attached hydrogens (primary N) is 1. The molecule has 1 aliphatic carbocycles. The lowest BCUT2D eigenvalue weighted by atomic mass is 10.1. The predicted octanol–water partition coefficient (Wildman–Crippen LogP) is 1.74. The molecule has 0 unspecified atom stereocenters. The highest BCUT2D eigenvalue weighted by atomic mass is 16.4. The molecule has 0 bridgehead atoms. The third kappa shape index (κ3) is 3.23. The first kappa shape index (κ1) is 12.9. The molecule has 4 nitrogen and oxygen atoms in total. The number of nitrogens with zero attached hydrogens (tertiary/aromatic N) is 2. The van der Waals surface area contributed by atoms with Crippen LogP contribution in [-0.4, -0.2) is 29.5 Å². The van der Waals surface area contributed by atoms with E-state index in [-0.39, 0.29) is 5.84 Å². The number of hydrogen-bond donors (Lipinski definition) is 2. The summed E-state index contributed by atoms with van der Waals surface area (Å²) in [6.07, 6.45) is 4.34. The Balaban J connectivity index is 1.89. The molecule has 0 saturated carbocycles. The van der Waals surface area contributed by atoms with E-state index in [2.05, 4.69) is 35.3 Å². The van der Waals surface area contributed by atoms with E-state index in [1.165, 1.54) is 36.0 Å². The van der Waals surface area contributed by atoms with Crippen LogP contribution in [0.25, 0.3) is 0 Å². The van der Waals surface area contributed by atoms with Crippen LogP contribution in [0.15, 0.2) is 23.4 Å². The maximum atomic E-state index is 8.49. The maximum Gasteiger partial charge on any atom is 0.140 e. The first-order chi connectivity index (χ1) is 8.69. The second kappa shape index (κ2) is 5.87. The van der Waals surface area contributed by atoms with Gasteiger partial charge in [-0.1, -0.05) is 23.4 Å². The van der Waals surface area contributed by atoms with Crippen LogP contribution in [0.1, 0.15) is 29.5 Å². The van der Waals surface area contributed by atoms with E-state index in [0.717, 1.165) is 13.1 Å². The number of rotatable bonds is 5. The van der Waals surface area contributed by atoms with Crippen molar-refractivity contribution in [3.8, 4) is 0 Å². The van der Waals surface area contributed by atoms with Crippen molar-refractivity contribution in [2.24, 2.45) is 10.9 Å². The zero-order valence-corrected chi connectivity index (χ0v) is 10.9. The normalized spacial score (nSPS) is 15.1.